The first kappa shape index (κ1) is 19.7. The fourth-order valence-electron chi connectivity index (χ4n) is 3.29. The van der Waals surface area contributed by atoms with E-state index in [1.54, 1.807) is 0 Å². The third-order valence-corrected chi connectivity index (χ3v) is 6.26. The van der Waals surface area contributed by atoms with Gasteiger partial charge in [0.05, 0.1) is 5.25 Å². The van der Waals surface area contributed by atoms with Crippen molar-refractivity contribution in [2.45, 2.75) is 48.9 Å². The van der Waals surface area contributed by atoms with E-state index in [1.165, 1.54) is 17.3 Å². The molecule has 4 rings (SSSR count). The number of thioether (sulfide) groups is 1. The summed E-state index contributed by atoms with van der Waals surface area (Å²) >= 11 is 1.46. The molecule has 1 heterocycles. The van der Waals surface area contributed by atoms with Gasteiger partial charge in [-0.3, -0.25) is 9.36 Å². The number of aromatic nitrogens is 3. The van der Waals surface area contributed by atoms with E-state index in [-0.39, 0.29) is 17.1 Å². The third kappa shape index (κ3) is 4.70. The molecule has 2 atom stereocenters. The Kier molecular flexibility index (Phi) is 6.00. The summed E-state index contributed by atoms with van der Waals surface area (Å²) in [6, 6.07) is 20.4. The molecule has 2 unspecified atom stereocenters. The minimum atomic E-state index is -0.253. The largest absolute Gasteiger partial charge is 0.355 e. The van der Waals surface area contributed by atoms with Crippen LogP contribution < -0.4 is 5.32 Å². The van der Waals surface area contributed by atoms with Crippen LogP contribution in [0.5, 0.6) is 0 Å². The standard InChI is InChI=1S/C23H26N4OS/c1-16(18-9-5-3-6-10-18)15-24-22(28)17(2)29-23-26-25-21(19-13-14-19)27(23)20-11-7-4-8-12-20/h3-12,16-17,19H,13-15H2,1-2H3,(H,24,28). The summed E-state index contributed by atoms with van der Waals surface area (Å²) in [5, 5.41) is 12.5. The van der Waals surface area contributed by atoms with Gasteiger partial charge in [-0.2, -0.15) is 0 Å². The third-order valence-electron chi connectivity index (χ3n) is 5.22. The van der Waals surface area contributed by atoms with E-state index in [9.17, 15) is 4.79 Å². The van der Waals surface area contributed by atoms with Crippen LogP contribution in [-0.4, -0.2) is 32.5 Å². The van der Waals surface area contributed by atoms with Gasteiger partial charge in [-0.25, -0.2) is 0 Å². The molecular formula is C23H26N4OS. The molecule has 0 bridgehead atoms. The van der Waals surface area contributed by atoms with Crippen LogP contribution >= 0.6 is 11.8 Å². The summed E-state index contributed by atoms with van der Waals surface area (Å²) in [5.41, 5.74) is 2.28. The van der Waals surface area contributed by atoms with Crippen molar-refractivity contribution in [2.24, 2.45) is 0 Å². The molecular weight excluding hydrogens is 380 g/mol. The highest BCUT2D eigenvalue weighted by molar-refractivity contribution is 8.00. The molecule has 0 saturated heterocycles. The van der Waals surface area contributed by atoms with Gasteiger partial charge < -0.3 is 5.32 Å². The minimum Gasteiger partial charge on any atom is -0.355 e. The van der Waals surface area contributed by atoms with Crippen LogP contribution in [0.25, 0.3) is 5.69 Å². The normalized spacial score (nSPS) is 15.7. The average molecular weight is 407 g/mol. The number of benzene rings is 2. The van der Waals surface area contributed by atoms with Gasteiger partial charge in [0, 0.05) is 18.2 Å². The van der Waals surface area contributed by atoms with Crippen molar-refractivity contribution in [3.05, 3.63) is 72.1 Å². The maximum absolute atomic E-state index is 12.7. The average Bonchev–Trinajstić information content (AvgIpc) is 3.53. The van der Waals surface area contributed by atoms with Crippen molar-refractivity contribution in [1.29, 1.82) is 0 Å². The van der Waals surface area contributed by atoms with E-state index in [0.29, 0.717) is 12.5 Å². The summed E-state index contributed by atoms with van der Waals surface area (Å²) in [6.45, 7) is 4.67. The Bertz CT molecular complexity index is 954. The SMILES string of the molecule is CC(Sc1nnc(C2CC2)n1-c1ccccc1)C(=O)NCC(C)c1ccccc1. The molecule has 2 aromatic carbocycles. The second-order valence-corrected chi connectivity index (χ2v) is 8.91. The first-order valence-corrected chi connectivity index (χ1v) is 11.0. The lowest BCUT2D eigenvalue weighted by atomic mass is 10.0. The molecule has 6 heteroatoms. The molecule has 1 fully saturated rings. The Morgan fingerprint density at radius 3 is 2.38 bits per heavy atom. The number of hydrogen-bond acceptors (Lipinski definition) is 4. The Labute approximate surface area is 175 Å². The number of rotatable bonds is 8. The molecule has 0 aliphatic heterocycles. The van der Waals surface area contributed by atoms with E-state index in [4.69, 9.17) is 0 Å². The molecule has 3 aromatic rings. The van der Waals surface area contributed by atoms with E-state index in [1.807, 2.05) is 43.3 Å². The van der Waals surface area contributed by atoms with E-state index in [2.05, 4.69) is 51.3 Å². The van der Waals surface area contributed by atoms with Crippen LogP contribution in [0.2, 0.25) is 0 Å². The van der Waals surface area contributed by atoms with Crippen LogP contribution in [0.1, 0.15) is 49.9 Å². The Hall–Kier alpha value is -2.60. The van der Waals surface area contributed by atoms with E-state index < -0.39 is 0 Å². The Balaban J connectivity index is 1.43. The molecule has 1 aliphatic carbocycles. The van der Waals surface area contributed by atoms with Crippen molar-refractivity contribution < 1.29 is 4.79 Å². The second kappa shape index (κ2) is 8.82. The van der Waals surface area contributed by atoms with Gasteiger partial charge in [0.1, 0.15) is 5.82 Å². The number of hydrogen-bond donors (Lipinski definition) is 1. The summed E-state index contributed by atoms with van der Waals surface area (Å²) in [6.07, 6.45) is 2.31. The van der Waals surface area contributed by atoms with Crippen LogP contribution in [0, 0.1) is 0 Å². The van der Waals surface area contributed by atoms with Crippen molar-refractivity contribution >= 4 is 17.7 Å². The summed E-state index contributed by atoms with van der Waals surface area (Å²) < 4.78 is 2.11. The summed E-state index contributed by atoms with van der Waals surface area (Å²) in [5.74, 6) is 1.78. The van der Waals surface area contributed by atoms with Gasteiger partial charge >= 0.3 is 0 Å². The lowest BCUT2D eigenvalue weighted by Crippen LogP contribution is -2.33. The predicted octanol–water partition coefficient (Wildman–Crippen LogP) is 4.55. The van der Waals surface area contributed by atoms with Gasteiger partial charge in [-0.05, 0) is 43.4 Å². The first-order valence-electron chi connectivity index (χ1n) is 10.1. The lowest BCUT2D eigenvalue weighted by Gasteiger charge is -2.16. The van der Waals surface area contributed by atoms with Gasteiger partial charge in [0.2, 0.25) is 5.91 Å². The quantitative estimate of drug-likeness (QED) is 0.558. The molecule has 29 heavy (non-hydrogen) atoms. The number of carbonyl (C=O) groups is 1. The molecule has 150 valence electrons. The molecule has 1 N–H and O–H groups in total. The zero-order chi connectivity index (χ0) is 20.2. The van der Waals surface area contributed by atoms with Gasteiger partial charge in [0.25, 0.3) is 0 Å². The second-order valence-electron chi connectivity index (χ2n) is 7.60. The number of carbonyl (C=O) groups excluding carboxylic acids is 1. The Morgan fingerprint density at radius 1 is 1.07 bits per heavy atom. The topological polar surface area (TPSA) is 59.8 Å². The number of nitrogens with one attached hydrogen (secondary N) is 1. The fraction of sp³-hybridized carbons (Fsp3) is 0.348. The van der Waals surface area contributed by atoms with E-state index in [0.717, 1.165) is 29.5 Å². The molecule has 1 aliphatic rings. The zero-order valence-electron chi connectivity index (χ0n) is 16.8. The zero-order valence-corrected chi connectivity index (χ0v) is 17.6. The number of nitrogens with zero attached hydrogens (tertiary/aromatic N) is 3. The molecule has 5 nitrogen and oxygen atoms in total. The highest BCUT2D eigenvalue weighted by atomic mass is 32.2. The number of amides is 1. The number of para-hydroxylation sites is 1. The monoisotopic (exact) mass is 406 g/mol. The molecule has 1 saturated carbocycles. The maximum Gasteiger partial charge on any atom is 0.233 e. The van der Waals surface area contributed by atoms with Gasteiger partial charge in [0.15, 0.2) is 5.16 Å². The smallest absolute Gasteiger partial charge is 0.233 e. The van der Waals surface area contributed by atoms with Crippen LogP contribution in [0.4, 0.5) is 0 Å². The fourth-order valence-corrected chi connectivity index (χ4v) is 4.19. The highest BCUT2D eigenvalue weighted by Crippen LogP contribution is 2.41. The van der Waals surface area contributed by atoms with Gasteiger partial charge in [-0.1, -0.05) is 67.2 Å². The summed E-state index contributed by atoms with van der Waals surface area (Å²) in [7, 11) is 0. The molecule has 0 spiro atoms. The van der Waals surface area contributed by atoms with Crippen molar-refractivity contribution in [3.63, 3.8) is 0 Å². The van der Waals surface area contributed by atoms with Crippen molar-refractivity contribution in [1.82, 2.24) is 20.1 Å². The Morgan fingerprint density at radius 2 is 1.72 bits per heavy atom. The predicted molar refractivity (Wildman–Crippen MR) is 117 cm³/mol. The van der Waals surface area contributed by atoms with Crippen LogP contribution in [-0.2, 0) is 4.79 Å². The minimum absolute atomic E-state index is 0.0216. The molecule has 1 aromatic heterocycles. The van der Waals surface area contributed by atoms with Crippen molar-refractivity contribution in [2.75, 3.05) is 6.54 Å². The van der Waals surface area contributed by atoms with Crippen LogP contribution in [0.3, 0.4) is 0 Å². The maximum atomic E-state index is 12.7. The summed E-state index contributed by atoms with van der Waals surface area (Å²) in [4.78, 5) is 12.7. The molecule has 1 amide bonds. The highest BCUT2D eigenvalue weighted by Gasteiger charge is 2.31. The van der Waals surface area contributed by atoms with Crippen molar-refractivity contribution in [3.8, 4) is 5.69 Å². The molecule has 0 radical (unpaired) electrons. The lowest BCUT2D eigenvalue weighted by molar-refractivity contribution is -0.120. The van der Waals surface area contributed by atoms with Gasteiger partial charge in [-0.15, -0.1) is 10.2 Å². The first-order chi connectivity index (χ1) is 14.1. The van der Waals surface area contributed by atoms with Crippen LogP contribution in [0.15, 0.2) is 65.8 Å². The van der Waals surface area contributed by atoms with E-state index >= 15 is 0 Å².